The lowest BCUT2D eigenvalue weighted by Gasteiger charge is -2.35. The van der Waals surface area contributed by atoms with Gasteiger partial charge in [0.1, 0.15) is 0 Å². The smallest absolute Gasteiger partial charge is 0.0659 e. The van der Waals surface area contributed by atoms with Crippen molar-refractivity contribution in [2.24, 2.45) is 11.8 Å². The molecule has 0 saturated carbocycles. The Morgan fingerprint density at radius 2 is 2.12 bits per heavy atom. The van der Waals surface area contributed by atoms with E-state index in [-0.39, 0.29) is 5.92 Å². The van der Waals surface area contributed by atoms with Crippen LogP contribution in [0.3, 0.4) is 0 Å². The molecule has 0 unspecified atom stereocenters. The third kappa shape index (κ3) is 3.08. The highest BCUT2D eigenvalue weighted by Gasteiger charge is 2.27. The SMILES string of the molecule is CC[C@@H]1CN(Cc2ccccc2)CC[C@@H]1C#N. The molecule has 1 fully saturated rings. The Kier molecular flexibility index (Phi) is 4.17. The summed E-state index contributed by atoms with van der Waals surface area (Å²) in [5, 5.41) is 9.10. The number of piperidine rings is 1. The van der Waals surface area contributed by atoms with Gasteiger partial charge in [-0.05, 0) is 24.4 Å². The van der Waals surface area contributed by atoms with Crippen molar-refractivity contribution < 1.29 is 0 Å². The number of nitrogens with zero attached hydrogens (tertiary/aromatic N) is 2. The van der Waals surface area contributed by atoms with Gasteiger partial charge in [-0.2, -0.15) is 5.26 Å². The molecule has 17 heavy (non-hydrogen) atoms. The summed E-state index contributed by atoms with van der Waals surface area (Å²) in [5.74, 6) is 0.824. The molecule has 1 aliphatic heterocycles. The number of nitriles is 1. The molecule has 2 rings (SSSR count). The van der Waals surface area contributed by atoms with Crippen LogP contribution in [0.4, 0.5) is 0 Å². The molecule has 1 saturated heterocycles. The predicted molar refractivity (Wildman–Crippen MR) is 69.2 cm³/mol. The van der Waals surface area contributed by atoms with E-state index in [1.807, 2.05) is 0 Å². The molecule has 1 aromatic carbocycles. The van der Waals surface area contributed by atoms with Crippen molar-refractivity contribution in [3.8, 4) is 6.07 Å². The van der Waals surface area contributed by atoms with Crippen LogP contribution in [0.25, 0.3) is 0 Å². The summed E-state index contributed by atoms with van der Waals surface area (Å²) in [6.07, 6.45) is 2.14. The fourth-order valence-corrected chi connectivity index (χ4v) is 2.68. The lowest BCUT2D eigenvalue weighted by Crippen LogP contribution is -2.39. The molecule has 1 heterocycles. The molecule has 0 bridgehead atoms. The van der Waals surface area contributed by atoms with E-state index in [0.29, 0.717) is 5.92 Å². The first-order valence-corrected chi connectivity index (χ1v) is 6.49. The van der Waals surface area contributed by atoms with E-state index in [2.05, 4.69) is 48.2 Å². The second-order valence-corrected chi connectivity index (χ2v) is 4.91. The first-order chi connectivity index (χ1) is 8.33. The number of likely N-dealkylation sites (tertiary alicyclic amines) is 1. The fraction of sp³-hybridized carbons (Fsp3) is 0.533. The molecule has 1 aromatic rings. The number of hydrogen-bond acceptors (Lipinski definition) is 2. The Bertz CT molecular complexity index is 380. The molecule has 0 aromatic heterocycles. The normalized spacial score (nSPS) is 25.4. The van der Waals surface area contributed by atoms with Gasteiger partial charge in [0.2, 0.25) is 0 Å². The van der Waals surface area contributed by atoms with Crippen molar-refractivity contribution >= 4 is 0 Å². The summed E-state index contributed by atoms with van der Waals surface area (Å²) < 4.78 is 0. The highest BCUT2D eigenvalue weighted by Crippen LogP contribution is 2.26. The zero-order chi connectivity index (χ0) is 12.1. The molecule has 0 radical (unpaired) electrons. The summed E-state index contributed by atoms with van der Waals surface area (Å²) in [5.41, 5.74) is 1.37. The van der Waals surface area contributed by atoms with E-state index in [9.17, 15) is 0 Å². The molecule has 2 nitrogen and oxygen atoms in total. The van der Waals surface area contributed by atoms with Crippen LogP contribution in [0.5, 0.6) is 0 Å². The summed E-state index contributed by atoms with van der Waals surface area (Å²) in [7, 11) is 0. The molecule has 0 aliphatic carbocycles. The molecule has 2 atom stereocenters. The van der Waals surface area contributed by atoms with Crippen LogP contribution >= 0.6 is 0 Å². The van der Waals surface area contributed by atoms with Crippen molar-refractivity contribution in [1.29, 1.82) is 5.26 Å². The van der Waals surface area contributed by atoms with Gasteiger partial charge >= 0.3 is 0 Å². The average Bonchev–Trinajstić information content (AvgIpc) is 2.40. The Morgan fingerprint density at radius 1 is 1.35 bits per heavy atom. The number of benzene rings is 1. The summed E-state index contributed by atoms with van der Waals surface area (Å²) in [6.45, 7) is 5.35. The van der Waals surface area contributed by atoms with Gasteiger partial charge in [0.05, 0.1) is 12.0 Å². The maximum Gasteiger partial charge on any atom is 0.0659 e. The van der Waals surface area contributed by atoms with Crippen LogP contribution in [0.15, 0.2) is 30.3 Å². The van der Waals surface area contributed by atoms with Crippen LogP contribution in [0.1, 0.15) is 25.3 Å². The van der Waals surface area contributed by atoms with Crippen molar-refractivity contribution in [1.82, 2.24) is 4.90 Å². The quantitative estimate of drug-likeness (QED) is 0.795. The van der Waals surface area contributed by atoms with Gasteiger partial charge in [0.15, 0.2) is 0 Å². The molecule has 0 spiro atoms. The first kappa shape index (κ1) is 12.1. The fourth-order valence-electron chi connectivity index (χ4n) is 2.68. The highest BCUT2D eigenvalue weighted by molar-refractivity contribution is 5.14. The highest BCUT2D eigenvalue weighted by atomic mass is 15.1. The van der Waals surface area contributed by atoms with E-state index < -0.39 is 0 Å². The van der Waals surface area contributed by atoms with Crippen molar-refractivity contribution in [3.63, 3.8) is 0 Å². The molecule has 0 N–H and O–H groups in total. The Hall–Kier alpha value is -1.33. The Labute approximate surface area is 104 Å². The first-order valence-electron chi connectivity index (χ1n) is 6.49. The minimum Gasteiger partial charge on any atom is -0.299 e. The number of hydrogen-bond donors (Lipinski definition) is 0. The Morgan fingerprint density at radius 3 is 2.76 bits per heavy atom. The van der Waals surface area contributed by atoms with Crippen molar-refractivity contribution in [2.45, 2.75) is 26.3 Å². The van der Waals surface area contributed by atoms with Crippen molar-refractivity contribution in [3.05, 3.63) is 35.9 Å². The van der Waals surface area contributed by atoms with Gasteiger partial charge in [-0.3, -0.25) is 4.90 Å². The van der Waals surface area contributed by atoms with Gasteiger partial charge in [0, 0.05) is 13.1 Å². The maximum absolute atomic E-state index is 9.10. The summed E-state index contributed by atoms with van der Waals surface area (Å²) in [4.78, 5) is 2.48. The molecule has 2 heteroatoms. The average molecular weight is 228 g/mol. The second-order valence-electron chi connectivity index (χ2n) is 4.91. The third-order valence-corrected chi connectivity index (χ3v) is 3.76. The molecular formula is C15H20N2. The molecule has 90 valence electrons. The van der Waals surface area contributed by atoms with E-state index in [1.54, 1.807) is 0 Å². The lowest BCUT2D eigenvalue weighted by molar-refractivity contribution is 0.135. The van der Waals surface area contributed by atoms with Crippen LogP contribution in [0, 0.1) is 23.2 Å². The van der Waals surface area contributed by atoms with Crippen molar-refractivity contribution in [2.75, 3.05) is 13.1 Å². The van der Waals surface area contributed by atoms with E-state index >= 15 is 0 Å². The molecular weight excluding hydrogens is 208 g/mol. The van der Waals surface area contributed by atoms with Crippen LogP contribution in [0.2, 0.25) is 0 Å². The van der Waals surface area contributed by atoms with Gasteiger partial charge in [-0.1, -0.05) is 43.7 Å². The van der Waals surface area contributed by atoms with E-state index in [1.165, 1.54) is 5.56 Å². The van der Waals surface area contributed by atoms with Crippen LogP contribution < -0.4 is 0 Å². The lowest BCUT2D eigenvalue weighted by atomic mass is 9.85. The van der Waals surface area contributed by atoms with E-state index in [0.717, 1.165) is 32.5 Å². The predicted octanol–water partition coefficient (Wildman–Crippen LogP) is 3.06. The van der Waals surface area contributed by atoms with Gasteiger partial charge in [-0.25, -0.2) is 0 Å². The number of rotatable bonds is 3. The molecule has 1 aliphatic rings. The summed E-state index contributed by atoms with van der Waals surface area (Å²) in [6, 6.07) is 13.1. The minimum atomic E-state index is 0.270. The second kappa shape index (κ2) is 5.84. The monoisotopic (exact) mass is 228 g/mol. The standard InChI is InChI=1S/C15H20N2/c1-2-14-12-17(9-8-15(14)10-16)11-13-6-4-3-5-7-13/h3-7,14-15H,2,8-9,11-12H2,1H3/t14-,15-/m1/s1. The van der Waals surface area contributed by atoms with Crippen LogP contribution in [-0.2, 0) is 6.54 Å². The zero-order valence-electron chi connectivity index (χ0n) is 10.5. The maximum atomic E-state index is 9.10. The van der Waals surface area contributed by atoms with Crippen LogP contribution in [-0.4, -0.2) is 18.0 Å². The van der Waals surface area contributed by atoms with Gasteiger partial charge in [0.25, 0.3) is 0 Å². The third-order valence-electron chi connectivity index (χ3n) is 3.76. The summed E-state index contributed by atoms with van der Waals surface area (Å²) >= 11 is 0. The minimum absolute atomic E-state index is 0.270. The zero-order valence-corrected chi connectivity index (χ0v) is 10.5. The van der Waals surface area contributed by atoms with E-state index in [4.69, 9.17) is 5.26 Å². The largest absolute Gasteiger partial charge is 0.299 e. The Balaban J connectivity index is 1.94. The topological polar surface area (TPSA) is 27.0 Å². The molecule has 0 amide bonds. The van der Waals surface area contributed by atoms with Gasteiger partial charge < -0.3 is 0 Å². The van der Waals surface area contributed by atoms with Gasteiger partial charge in [-0.15, -0.1) is 0 Å².